The van der Waals surface area contributed by atoms with Crippen LogP contribution in [0.25, 0.3) is 0 Å². The molecule has 0 radical (unpaired) electrons. The van der Waals surface area contributed by atoms with Crippen LogP contribution in [0.15, 0.2) is 18.2 Å². The highest BCUT2D eigenvalue weighted by molar-refractivity contribution is 7.15. The summed E-state index contributed by atoms with van der Waals surface area (Å²) in [4.78, 5) is 30.6. The van der Waals surface area contributed by atoms with E-state index in [1.54, 1.807) is 28.0 Å². The van der Waals surface area contributed by atoms with E-state index in [1.807, 2.05) is 0 Å². The third-order valence-electron chi connectivity index (χ3n) is 5.42. The molecular formula is C19H22F3N6O3S+. The van der Waals surface area contributed by atoms with Gasteiger partial charge in [-0.25, -0.2) is 0 Å². The zero-order valence-electron chi connectivity index (χ0n) is 17.3. The molecule has 2 saturated heterocycles. The van der Waals surface area contributed by atoms with Crippen LogP contribution >= 0.6 is 11.3 Å². The summed E-state index contributed by atoms with van der Waals surface area (Å²) in [6.07, 6.45) is -4.52. The number of carbonyl (C=O) groups excluding carboxylic acids is 1. The minimum atomic E-state index is -4.52. The summed E-state index contributed by atoms with van der Waals surface area (Å²) in [7, 11) is 1.37. The van der Waals surface area contributed by atoms with E-state index in [1.165, 1.54) is 7.05 Å². The third-order valence-corrected chi connectivity index (χ3v) is 6.45. The van der Waals surface area contributed by atoms with E-state index in [0.29, 0.717) is 79.8 Å². The topological polar surface area (TPSA) is 81.9 Å². The average molecular weight is 471 g/mol. The van der Waals surface area contributed by atoms with E-state index in [9.17, 15) is 22.9 Å². The summed E-state index contributed by atoms with van der Waals surface area (Å²) in [5.74, 6) is -0.219. The number of piperazine rings is 1. The summed E-state index contributed by atoms with van der Waals surface area (Å²) in [5, 5.41) is 6.08. The smallest absolute Gasteiger partial charge is 0.378 e. The van der Waals surface area contributed by atoms with Crippen molar-refractivity contribution in [1.82, 2.24) is 15.1 Å². The van der Waals surface area contributed by atoms with Crippen LogP contribution in [0.5, 0.6) is 0 Å². The summed E-state index contributed by atoms with van der Waals surface area (Å²) in [5.41, 5.74) is 1.54. The summed E-state index contributed by atoms with van der Waals surface area (Å²) < 4.78 is 44.5. The van der Waals surface area contributed by atoms with E-state index in [0.717, 1.165) is 5.69 Å². The van der Waals surface area contributed by atoms with Crippen molar-refractivity contribution >= 4 is 33.8 Å². The van der Waals surface area contributed by atoms with Crippen molar-refractivity contribution < 1.29 is 27.5 Å². The van der Waals surface area contributed by atoms with Crippen LogP contribution in [0, 0.1) is 4.91 Å². The molecule has 2 aliphatic heterocycles. The summed E-state index contributed by atoms with van der Waals surface area (Å²) in [6.45, 7) is 3.70. The van der Waals surface area contributed by atoms with Crippen LogP contribution in [0.4, 0.5) is 29.7 Å². The largest absolute Gasteiger partial charge is 0.445 e. The molecule has 4 rings (SSSR count). The number of anilines is 2. The van der Waals surface area contributed by atoms with Crippen molar-refractivity contribution in [3.05, 3.63) is 33.7 Å². The molecule has 2 aromatic rings. The summed E-state index contributed by atoms with van der Waals surface area (Å²) >= 11 is 0.495. The van der Waals surface area contributed by atoms with Crippen LogP contribution in [-0.4, -0.2) is 85.3 Å². The number of alkyl halides is 3. The first-order chi connectivity index (χ1) is 15.2. The molecule has 13 heteroatoms. The van der Waals surface area contributed by atoms with E-state index in [4.69, 9.17) is 4.74 Å². The van der Waals surface area contributed by atoms with Crippen molar-refractivity contribution in [3.63, 3.8) is 0 Å². The average Bonchev–Trinajstić information content (AvgIpc) is 3.30. The molecule has 2 aliphatic rings. The molecule has 0 bridgehead atoms. The zero-order chi connectivity index (χ0) is 22.9. The number of hydrogen-bond donors (Lipinski definition) is 0. The van der Waals surface area contributed by atoms with Gasteiger partial charge in [-0.3, -0.25) is 4.79 Å². The fourth-order valence-electron chi connectivity index (χ4n) is 3.70. The highest BCUT2D eigenvalue weighted by Gasteiger charge is 2.37. The lowest BCUT2D eigenvalue weighted by atomic mass is 10.1. The Labute approximate surface area is 185 Å². The molecular weight excluding hydrogens is 449 g/mol. The standard InChI is InChI=1S/C19H22F3N6O3S/c1-25(30)13-2-3-15(26-8-10-31-11-9-26)14(12-13)16(29)27-4-6-28(7-5-27)18-24-23-17(32-18)19(20,21)22/h2-3,12H,4-11H2,1H3/q+1. The molecule has 2 fully saturated rings. The van der Waals surface area contributed by atoms with Gasteiger partial charge in [-0.2, -0.15) is 13.2 Å². The van der Waals surface area contributed by atoms with Gasteiger partial charge in [0.2, 0.25) is 10.1 Å². The molecule has 9 nitrogen and oxygen atoms in total. The number of halogens is 3. The maximum Gasteiger partial charge on any atom is 0.445 e. The Bertz CT molecular complexity index is 1000. The van der Waals surface area contributed by atoms with Gasteiger partial charge in [0.15, 0.2) is 7.05 Å². The number of hydrogen-bond acceptors (Lipinski definition) is 8. The molecule has 0 aliphatic carbocycles. The normalized spacial score (nSPS) is 17.6. The molecule has 32 heavy (non-hydrogen) atoms. The van der Waals surface area contributed by atoms with Crippen LogP contribution in [0.3, 0.4) is 0 Å². The predicted octanol–water partition coefficient (Wildman–Crippen LogP) is 2.40. The number of amides is 1. The van der Waals surface area contributed by atoms with E-state index in [-0.39, 0.29) is 11.0 Å². The lowest BCUT2D eigenvalue weighted by molar-refractivity contribution is -0.428. The molecule has 172 valence electrons. The second-order valence-electron chi connectivity index (χ2n) is 7.47. The van der Waals surface area contributed by atoms with Gasteiger partial charge in [0.25, 0.3) is 11.6 Å². The molecule has 0 spiro atoms. The van der Waals surface area contributed by atoms with E-state index >= 15 is 0 Å². The van der Waals surface area contributed by atoms with Gasteiger partial charge >= 0.3 is 6.18 Å². The highest BCUT2D eigenvalue weighted by atomic mass is 32.1. The molecule has 1 aromatic heterocycles. The van der Waals surface area contributed by atoms with Crippen LogP contribution < -0.4 is 9.80 Å². The number of ether oxygens (including phenoxy) is 1. The first-order valence-electron chi connectivity index (χ1n) is 10.1. The Morgan fingerprint density at radius 1 is 1.06 bits per heavy atom. The lowest BCUT2D eigenvalue weighted by Gasteiger charge is -2.36. The summed E-state index contributed by atoms with van der Waals surface area (Å²) in [6, 6.07) is 5.05. The molecule has 1 amide bonds. The SMILES string of the molecule is C[N+](=O)c1ccc(N2CCOCC2)c(C(=O)N2CCN(c3nnc(C(F)(F)F)s3)CC2)c1. The first kappa shape index (κ1) is 22.4. The Morgan fingerprint density at radius 3 is 2.34 bits per heavy atom. The van der Waals surface area contributed by atoms with Crippen molar-refractivity contribution in [3.8, 4) is 0 Å². The number of carbonyl (C=O) groups is 1. The zero-order valence-corrected chi connectivity index (χ0v) is 18.2. The molecule has 0 atom stereocenters. The van der Waals surface area contributed by atoms with Crippen molar-refractivity contribution in [2.75, 3.05) is 69.3 Å². The number of aromatic nitrogens is 2. The second kappa shape index (κ2) is 8.98. The fourth-order valence-corrected chi connectivity index (χ4v) is 4.46. The van der Waals surface area contributed by atoms with Gasteiger partial charge in [-0.1, -0.05) is 11.3 Å². The highest BCUT2D eigenvalue weighted by Crippen LogP contribution is 2.35. The lowest BCUT2D eigenvalue weighted by Crippen LogP contribution is -2.49. The molecule has 0 saturated carbocycles. The van der Waals surface area contributed by atoms with E-state index < -0.39 is 11.2 Å². The van der Waals surface area contributed by atoms with Gasteiger partial charge < -0.3 is 19.4 Å². The maximum atomic E-state index is 13.4. The molecule has 3 heterocycles. The Balaban J connectivity index is 1.50. The minimum absolute atomic E-state index is 0.188. The van der Waals surface area contributed by atoms with Gasteiger partial charge in [0.05, 0.1) is 24.5 Å². The number of nitroso groups, excluding NO2 is 1. The monoisotopic (exact) mass is 471 g/mol. The van der Waals surface area contributed by atoms with Crippen molar-refractivity contribution in [2.45, 2.75) is 6.18 Å². The third kappa shape index (κ3) is 4.67. The predicted molar refractivity (Wildman–Crippen MR) is 112 cm³/mol. The number of nitrogens with zero attached hydrogens (tertiary/aromatic N) is 6. The first-order valence-corrected chi connectivity index (χ1v) is 10.9. The Hall–Kier alpha value is -2.80. The quantitative estimate of drug-likeness (QED) is 0.634. The number of benzene rings is 1. The maximum absolute atomic E-state index is 13.4. The number of morpholine rings is 1. The fraction of sp³-hybridized carbons (Fsp3) is 0.526. The Morgan fingerprint density at radius 2 is 1.75 bits per heavy atom. The van der Waals surface area contributed by atoms with Gasteiger partial charge in [0, 0.05) is 61.1 Å². The minimum Gasteiger partial charge on any atom is -0.378 e. The van der Waals surface area contributed by atoms with Crippen LogP contribution in [0.2, 0.25) is 0 Å². The molecule has 1 aromatic carbocycles. The van der Waals surface area contributed by atoms with Crippen LogP contribution in [-0.2, 0) is 10.9 Å². The number of rotatable bonds is 4. The second-order valence-corrected chi connectivity index (χ2v) is 8.42. The molecule has 0 unspecified atom stereocenters. The van der Waals surface area contributed by atoms with Gasteiger partial charge in [-0.15, -0.1) is 10.2 Å². The van der Waals surface area contributed by atoms with Crippen LogP contribution in [0.1, 0.15) is 15.4 Å². The van der Waals surface area contributed by atoms with E-state index in [2.05, 4.69) is 15.1 Å². The molecule has 0 N–H and O–H groups in total. The van der Waals surface area contributed by atoms with Gasteiger partial charge in [0.1, 0.15) is 0 Å². The van der Waals surface area contributed by atoms with Crippen molar-refractivity contribution in [1.29, 1.82) is 0 Å². The van der Waals surface area contributed by atoms with Crippen molar-refractivity contribution in [2.24, 2.45) is 0 Å². The van der Waals surface area contributed by atoms with Gasteiger partial charge in [-0.05, 0) is 6.07 Å². The Kier molecular flexibility index (Phi) is 6.29.